The van der Waals surface area contributed by atoms with E-state index in [9.17, 15) is 9.59 Å². The van der Waals surface area contributed by atoms with Crippen LogP contribution in [0.2, 0.25) is 0 Å². The van der Waals surface area contributed by atoms with E-state index in [4.69, 9.17) is 9.47 Å². The van der Waals surface area contributed by atoms with Crippen LogP contribution in [0.3, 0.4) is 0 Å². The molecule has 1 aromatic heterocycles. The molecule has 96 valence electrons. The molecule has 1 aliphatic heterocycles. The molecule has 1 aromatic rings. The van der Waals surface area contributed by atoms with Crippen LogP contribution < -0.4 is 10.4 Å². The first-order valence-corrected chi connectivity index (χ1v) is 5.62. The Labute approximate surface area is 104 Å². The second-order valence-corrected chi connectivity index (χ2v) is 3.92. The molecule has 0 fully saturated rings. The fourth-order valence-corrected chi connectivity index (χ4v) is 1.93. The first-order valence-electron chi connectivity index (χ1n) is 5.62. The number of rotatable bonds is 3. The lowest BCUT2D eigenvalue weighted by molar-refractivity contribution is -0.143. The number of aromatic nitrogens is 2. The summed E-state index contributed by atoms with van der Waals surface area (Å²) in [5, 5.41) is 0. The zero-order valence-corrected chi connectivity index (χ0v) is 10.5. The Hall–Kier alpha value is -2.11. The lowest BCUT2D eigenvalue weighted by atomic mass is 10.1. The quantitative estimate of drug-likeness (QED) is 0.749. The van der Waals surface area contributed by atoms with E-state index in [-0.39, 0.29) is 11.8 Å². The summed E-state index contributed by atoms with van der Waals surface area (Å²) in [7, 11) is 1.43. The van der Waals surface area contributed by atoms with Gasteiger partial charge in [0.05, 0.1) is 7.11 Å². The van der Waals surface area contributed by atoms with Gasteiger partial charge in [0.25, 0.3) is 0 Å². The monoisotopic (exact) mass is 250 g/mol. The molecule has 0 aliphatic carbocycles. The molecule has 0 saturated heterocycles. The lowest BCUT2D eigenvalue weighted by Gasteiger charge is -2.15. The van der Waals surface area contributed by atoms with Gasteiger partial charge in [0.2, 0.25) is 12.1 Å². The van der Waals surface area contributed by atoms with Crippen LogP contribution in [0.5, 0.6) is 5.88 Å². The van der Waals surface area contributed by atoms with Gasteiger partial charge in [-0.2, -0.15) is 4.98 Å². The number of nitrogens with zero attached hydrogens (tertiary/aromatic N) is 2. The van der Waals surface area contributed by atoms with E-state index in [1.54, 1.807) is 13.0 Å². The van der Waals surface area contributed by atoms with E-state index >= 15 is 0 Å². The van der Waals surface area contributed by atoms with Crippen molar-refractivity contribution in [3.8, 4) is 5.88 Å². The topological polar surface area (TPSA) is 70.4 Å². The van der Waals surface area contributed by atoms with E-state index in [2.05, 4.69) is 4.98 Å². The molecule has 18 heavy (non-hydrogen) atoms. The van der Waals surface area contributed by atoms with Gasteiger partial charge in [-0.25, -0.2) is 9.59 Å². The molecule has 1 aliphatic rings. The fourth-order valence-electron chi connectivity index (χ4n) is 1.93. The van der Waals surface area contributed by atoms with Crippen molar-refractivity contribution in [3.05, 3.63) is 33.9 Å². The Kier molecular flexibility index (Phi) is 3.18. The average molecular weight is 250 g/mol. The molecule has 0 radical (unpaired) electrons. The van der Waals surface area contributed by atoms with Crippen molar-refractivity contribution in [2.75, 3.05) is 7.11 Å². The van der Waals surface area contributed by atoms with Crippen molar-refractivity contribution in [2.24, 2.45) is 0 Å². The number of methoxy groups -OCH3 is 1. The molecule has 0 aromatic carbocycles. The zero-order valence-electron chi connectivity index (χ0n) is 10.5. The molecule has 6 nitrogen and oxygen atoms in total. The third-order valence-electron chi connectivity index (χ3n) is 2.95. The summed E-state index contributed by atoms with van der Waals surface area (Å²) >= 11 is 0. The predicted octanol–water partition coefficient (Wildman–Crippen LogP) is 1.03. The van der Waals surface area contributed by atoms with Crippen LogP contribution >= 0.6 is 0 Å². The highest BCUT2D eigenvalue weighted by molar-refractivity contribution is 5.91. The van der Waals surface area contributed by atoms with Crippen LogP contribution in [-0.2, 0) is 9.53 Å². The van der Waals surface area contributed by atoms with Gasteiger partial charge in [-0.05, 0) is 13.3 Å². The molecule has 2 rings (SSSR count). The average Bonchev–Trinajstić information content (AvgIpc) is 2.65. The second kappa shape index (κ2) is 4.64. The minimum Gasteiger partial charge on any atom is -0.481 e. The molecule has 1 atom stereocenters. The standard InChI is InChI=1S/C12H14N2O4/c1-4-8-7(2)11(15)18-10(8)14-6-5-9(17-3)13-12(14)16/h5-6,10H,4H2,1-3H3. The van der Waals surface area contributed by atoms with Crippen molar-refractivity contribution in [3.63, 3.8) is 0 Å². The third-order valence-corrected chi connectivity index (χ3v) is 2.95. The molecule has 0 bridgehead atoms. The van der Waals surface area contributed by atoms with Gasteiger partial charge in [-0.1, -0.05) is 6.92 Å². The molecule has 0 spiro atoms. The highest BCUT2D eigenvalue weighted by atomic mass is 16.6. The van der Waals surface area contributed by atoms with Crippen molar-refractivity contribution < 1.29 is 14.3 Å². The molecule has 2 heterocycles. The van der Waals surface area contributed by atoms with E-state index < -0.39 is 11.9 Å². The number of esters is 1. The highest BCUT2D eigenvalue weighted by Gasteiger charge is 2.32. The second-order valence-electron chi connectivity index (χ2n) is 3.92. The van der Waals surface area contributed by atoms with Crippen LogP contribution in [0, 0.1) is 0 Å². The maximum absolute atomic E-state index is 11.8. The smallest absolute Gasteiger partial charge is 0.354 e. The first kappa shape index (κ1) is 12.3. The minimum atomic E-state index is -0.687. The maximum Gasteiger partial charge on any atom is 0.354 e. The number of carbonyl (C=O) groups is 1. The van der Waals surface area contributed by atoms with Crippen molar-refractivity contribution in [1.82, 2.24) is 9.55 Å². The summed E-state index contributed by atoms with van der Waals surface area (Å²) in [5.74, 6) is -0.154. The van der Waals surface area contributed by atoms with E-state index in [1.807, 2.05) is 6.92 Å². The van der Waals surface area contributed by atoms with Gasteiger partial charge in [0, 0.05) is 23.4 Å². The van der Waals surface area contributed by atoms with Crippen LogP contribution in [-0.4, -0.2) is 22.6 Å². The van der Waals surface area contributed by atoms with E-state index in [0.29, 0.717) is 12.0 Å². The Morgan fingerprint density at radius 2 is 2.22 bits per heavy atom. The van der Waals surface area contributed by atoms with Crippen LogP contribution in [0.25, 0.3) is 0 Å². The first-order chi connectivity index (χ1) is 8.58. The van der Waals surface area contributed by atoms with Crippen molar-refractivity contribution in [1.29, 1.82) is 0 Å². The van der Waals surface area contributed by atoms with Gasteiger partial charge < -0.3 is 9.47 Å². The summed E-state index contributed by atoms with van der Waals surface area (Å²) in [6.45, 7) is 3.61. The molecule has 0 amide bonds. The summed E-state index contributed by atoms with van der Waals surface area (Å²) in [4.78, 5) is 27.1. The minimum absolute atomic E-state index is 0.235. The van der Waals surface area contributed by atoms with Gasteiger partial charge in [0.1, 0.15) is 0 Å². The molecule has 0 N–H and O–H groups in total. The largest absolute Gasteiger partial charge is 0.481 e. The Morgan fingerprint density at radius 3 is 2.78 bits per heavy atom. The molecule has 1 unspecified atom stereocenters. The number of carbonyl (C=O) groups excluding carboxylic acids is 1. The number of hydrogen-bond donors (Lipinski definition) is 0. The normalized spacial score (nSPS) is 19.1. The van der Waals surface area contributed by atoms with E-state index in [0.717, 1.165) is 5.57 Å². The third kappa shape index (κ3) is 1.90. The zero-order chi connectivity index (χ0) is 13.3. The van der Waals surface area contributed by atoms with Crippen LogP contribution in [0.15, 0.2) is 28.2 Å². The summed E-state index contributed by atoms with van der Waals surface area (Å²) in [6.07, 6.45) is 1.47. The van der Waals surface area contributed by atoms with Gasteiger partial charge >= 0.3 is 11.7 Å². The van der Waals surface area contributed by atoms with Crippen molar-refractivity contribution >= 4 is 5.97 Å². The fraction of sp³-hybridized carbons (Fsp3) is 0.417. The lowest BCUT2D eigenvalue weighted by Crippen LogP contribution is -2.28. The molecular formula is C12H14N2O4. The number of cyclic esters (lactones) is 1. The Bertz CT molecular complexity index is 574. The van der Waals surface area contributed by atoms with Crippen LogP contribution in [0.4, 0.5) is 0 Å². The number of hydrogen-bond acceptors (Lipinski definition) is 5. The van der Waals surface area contributed by atoms with Crippen LogP contribution in [0.1, 0.15) is 26.5 Å². The highest BCUT2D eigenvalue weighted by Crippen LogP contribution is 2.31. The molecule has 6 heteroatoms. The van der Waals surface area contributed by atoms with Gasteiger partial charge in [-0.3, -0.25) is 4.57 Å². The van der Waals surface area contributed by atoms with E-state index in [1.165, 1.54) is 17.9 Å². The van der Waals surface area contributed by atoms with Gasteiger partial charge in [-0.15, -0.1) is 0 Å². The molecule has 0 saturated carbocycles. The summed E-state index contributed by atoms with van der Waals surface area (Å²) in [6, 6.07) is 1.55. The Morgan fingerprint density at radius 1 is 1.50 bits per heavy atom. The number of ether oxygens (including phenoxy) is 2. The SMILES string of the molecule is CCC1=C(C)C(=O)OC1n1ccc(OC)nc1=O. The van der Waals surface area contributed by atoms with Crippen molar-refractivity contribution in [2.45, 2.75) is 26.5 Å². The molecular weight excluding hydrogens is 236 g/mol. The maximum atomic E-state index is 11.8. The summed E-state index contributed by atoms with van der Waals surface area (Å²) < 4.78 is 11.3. The van der Waals surface area contributed by atoms with Gasteiger partial charge in [0.15, 0.2) is 0 Å². The summed E-state index contributed by atoms with van der Waals surface area (Å²) in [5.41, 5.74) is 0.854. The Balaban J connectivity index is 2.45. The predicted molar refractivity (Wildman–Crippen MR) is 63.2 cm³/mol.